The molecule has 0 heterocycles. The van der Waals surface area contributed by atoms with Crippen LogP contribution in [0.3, 0.4) is 0 Å². The van der Waals surface area contributed by atoms with Gasteiger partial charge in [0.2, 0.25) is 0 Å². The SMILES string of the molecule is CC(C)(C)OC(=O)NCC(CNC(=O)O)OS(C)(=O)=O. The topological polar surface area (TPSA) is 131 Å². The Kier molecular flexibility index (Phi) is 6.73. The van der Waals surface area contributed by atoms with Crippen molar-refractivity contribution in [1.29, 1.82) is 0 Å². The van der Waals surface area contributed by atoms with E-state index >= 15 is 0 Å². The normalized spacial score (nSPS) is 13.4. The van der Waals surface area contributed by atoms with Crippen LogP contribution in [0.4, 0.5) is 9.59 Å². The van der Waals surface area contributed by atoms with Crippen molar-refractivity contribution in [2.24, 2.45) is 0 Å². The Labute approximate surface area is 117 Å². The Bertz CT molecular complexity index is 441. The molecule has 0 fully saturated rings. The number of alkyl carbamates (subject to hydrolysis) is 1. The van der Waals surface area contributed by atoms with Gasteiger partial charge in [-0.05, 0) is 20.8 Å². The zero-order valence-electron chi connectivity index (χ0n) is 11.8. The van der Waals surface area contributed by atoms with Crippen molar-refractivity contribution in [2.75, 3.05) is 19.3 Å². The zero-order chi connectivity index (χ0) is 16.0. The van der Waals surface area contributed by atoms with Gasteiger partial charge in [-0.3, -0.25) is 4.18 Å². The number of hydrogen-bond donors (Lipinski definition) is 3. The molecule has 1 unspecified atom stereocenters. The van der Waals surface area contributed by atoms with E-state index in [2.05, 4.69) is 9.50 Å². The van der Waals surface area contributed by atoms with Gasteiger partial charge in [-0.2, -0.15) is 8.42 Å². The van der Waals surface area contributed by atoms with Gasteiger partial charge in [0.15, 0.2) is 0 Å². The fraction of sp³-hybridized carbons (Fsp3) is 0.800. The molecule has 0 saturated carbocycles. The summed E-state index contributed by atoms with van der Waals surface area (Å²) in [5, 5.41) is 12.7. The fourth-order valence-corrected chi connectivity index (χ4v) is 1.73. The van der Waals surface area contributed by atoms with E-state index < -0.39 is 34.0 Å². The lowest BCUT2D eigenvalue weighted by molar-refractivity contribution is 0.0502. The Hall–Kier alpha value is -1.55. The Morgan fingerprint density at radius 2 is 1.70 bits per heavy atom. The maximum absolute atomic E-state index is 11.4. The highest BCUT2D eigenvalue weighted by molar-refractivity contribution is 7.86. The van der Waals surface area contributed by atoms with E-state index in [-0.39, 0.29) is 13.1 Å². The molecule has 0 aromatic rings. The second kappa shape index (κ2) is 7.29. The fourth-order valence-electron chi connectivity index (χ4n) is 1.10. The Morgan fingerprint density at radius 1 is 1.20 bits per heavy atom. The predicted molar refractivity (Wildman–Crippen MR) is 70.0 cm³/mol. The lowest BCUT2D eigenvalue weighted by Gasteiger charge is -2.21. The van der Waals surface area contributed by atoms with E-state index in [9.17, 15) is 18.0 Å². The van der Waals surface area contributed by atoms with Gasteiger partial charge in [-0.25, -0.2) is 9.59 Å². The van der Waals surface area contributed by atoms with E-state index in [4.69, 9.17) is 9.84 Å². The number of nitrogens with one attached hydrogen (secondary N) is 2. The summed E-state index contributed by atoms with van der Waals surface area (Å²) in [7, 11) is -3.78. The summed E-state index contributed by atoms with van der Waals surface area (Å²) in [6, 6.07) is 0. The molecule has 0 aliphatic heterocycles. The first-order valence-corrected chi connectivity index (χ1v) is 7.52. The van der Waals surface area contributed by atoms with Crippen LogP contribution in [0.5, 0.6) is 0 Å². The van der Waals surface area contributed by atoms with E-state index in [1.807, 2.05) is 5.32 Å². The van der Waals surface area contributed by atoms with Gasteiger partial charge in [0.1, 0.15) is 11.7 Å². The highest BCUT2D eigenvalue weighted by Gasteiger charge is 2.20. The average molecular weight is 312 g/mol. The van der Waals surface area contributed by atoms with Crippen LogP contribution >= 0.6 is 0 Å². The van der Waals surface area contributed by atoms with Crippen molar-refractivity contribution < 1.29 is 32.0 Å². The van der Waals surface area contributed by atoms with E-state index in [1.54, 1.807) is 20.8 Å². The van der Waals surface area contributed by atoms with Crippen LogP contribution in [-0.2, 0) is 19.0 Å². The molecule has 0 bridgehead atoms. The molecule has 2 amide bonds. The number of hydrogen-bond acceptors (Lipinski definition) is 6. The molecule has 0 aromatic heterocycles. The van der Waals surface area contributed by atoms with Gasteiger partial charge in [-0.15, -0.1) is 0 Å². The van der Waals surface area contributed by atoms with Crippen molar-refractivity contribution in [3.63, 3.8) is 0 Å². The number of ether oxygens (including phenoxy) is 1. The van der Waals surface area contributed by atoms with Gasteiger partial charge in [0.05, 0.1) is 19.3 Å². The second-order valence-corrected chi connectivity index (χ2v) is 6.59. The zero-order valence-corrected chi connectivity index (χ0v) is 12.6. The third-order valence-electron chi connectivity index (χ3n) is 1.66. The molecule has 10 heteroatoms. The van der Waals surface area contributed by atoms with Crippen molar-refractivity contribution in [1.82, 2.24) is 10.6 Å². The highest BCUT2D eigenvalue weighted by Crippen LogP contribution is 2.06. The van der Waals surface area contributed by atoms with Gasteiger partial charge >= 0.3 is 12.2 Å². The molecule has 0 aliphatic rings. The predicted octanol–water partition coefficient (Wildman–Crippen LogP) is 0.124. The number of carboxylic acid groups (broad SMARTS) is 1. The monoisotopic (exact) mass is 312 g/mol. The summed E-state index contributed by atoms with van der Waals surface area (Å²) in [5.41, 5.74) is -0.698. The molecule has 0 aromatic carbocycles. The minimum Gasteiger partial charge on any atom is -0.465 e. The van der Waals surface area contributed by atoms with Crippen LogP contribution in [0.1, 0.15) is 20.8 Å². The minimum absolute atomic E-state index is 0.220. The first-order valence-electron chi connectivity index (χ1n) is 5.71. The summed E-state index contributed by atoms with van der Waals surface area (Å²) < 4.78 is 31.6. The van der Waals surface area contributed by atoms with Crippen molar-refractivity contribution in [3.05, 3.63) is 0 Å². The second-order valence-electron chi connectivity index (χ2n) is 4.99. The Balaban J connectivity index is 4.42. The maximum atomic E-state index is 11.4. The van der Waals surface area contributed by atoms with E-state index in [0.29, 0.717) is 0 Å². The first kappa shape index (κ1) is 18.4. The third kappa shape index (κ3) is 11.5. The number of amides is 2. The lowest BCUT2D eigenvalue weighted by atomic mass is 10.2. The van der Waals surface area contributed by atoms with E-state index in [1.165, 1.54) is 0 Å². The molecule has 0 rings (SSSR count). The Morgan fingerprint density at radius 3 is 2.10 bits per heavy atom. The van der Waals surface area contributed by atoms with Crippen LogP contribution in [0.25, 0.3) is 0 Å². The molecule has 0 aliphatic carbocycles. The molecule has 20 heavy (non-hydrogen) atoms. The highest BCUT2D eigenvalue weighted by atomic mass is 32.2. The van der Waals surface area contributed by atoms with Crippen LogP contribution in [0.15, 0.2) is 0 Å². The molecule has 0 spiro atoms. The first-order chi connectivity index (χ1) is 8.89. The molecule has 9 nitrogen and oxygen atoms in total. The van der Waals surface area contributed by atoms with Crippen LogP contribution < -0.4 is 10.6 Å². The quantitative estimate of drug-likeness (QED) is 0.594. The van der Waals surface area contributed by atoms with Gasteiger partial charge < -0.3 is 20.5 Å². The summed E-state index contributed by atoms with van der Waals surface area (Å²) >= 11 is 0. The maximum Gasteiger partial charge on any atom is 0.407 e. The molecule has 0 radical (unpaired) electrons. The third-order valence-corrected chi connectivity index (χ3v) is 2.29. The van der Waals surface area contributed by atoms with E-state index in [0.717, 1.165) is 6.26 Å². The standard InChI is InChI=1S/C10H20N2O7S/c1-10(2,3)18-9(15)12-6-7(5-11-8(13)14)19-20(4,16)17/h7,11H,5-6H2,1-4H3,(H,12,15)(H,13,14). The number of carbonyl (C=O) groups is 2. The summed E-state index contributed by atoms with van der Waals surface area (Å²) in [6.07, 6.45) is -2.32. The summed E-state index contributed by atoms with van der Waals surface area (Å²) in [6.45, 7) is 4.50. The van der Waals surface area contributed by atoms with Crippen LogP contribution in [-0.4, -0.2) is 56.8 Å². The number of carbonyl (C=O) groups excluding carboxylic acids is 1. The molecule has 3 N–H and O–H groups in total. The molecule has 1 atom stereocenters. The van der Waals surface area contributed by atoms with Crippen LogP contribution in [0.2, 0.25) is 0 Å². The number of rotatable bonds is 6. The lowest BCUT2D eigenvalue weighted by Crippen LogP contribution is -2.43. The molecule has 0 saturated heterocycles. The van der Waals surface area contributed by atoms with Gasteiger partial charge in [0.25, 0.3) is 10.1 Å². The van der Waals surface area contributed by atoms with Crippen molar-refractivity contribution in [2.45, 2.75) is 32.5 Å². The molecule has 118 valence electrons. The summed E-state index contributed by atoms with van der Waals surface area (Å²) in [4.78, 5) is 21.8. The van der Waals surface area contributed by atoms with Gasteiger partial charge in [0, 0.05) is 0 Å². The molecular formula is C10H20N2O7S. The summed E-state index contributed by atoms with van der Waals surface area (Å²) in [5.74, 6) is 0. The van der Waals surface area contributed by atoms with Crippen LogP contribution in [0, 0.1) is 0 Å². The smallest absolute Gasteiger partial charge is 0.407 e. The largest absolute Gasteiger partial charge is 0.465 e. The molecular weight excluding hydrogens is 292 g/mol. The minimum atomic E-state index is -3.78. The van der Waals surface area contributed by atoms with Crippen molar-refractivity contribution in [3.8, 4) is 0 Å². The van der Waals surface area contributed by atoms with Crippen molar-refractivity contribution >= 4 is 22.3 Å². The average Bonchev–Trinajstić information content (AvgIpc) is 2.17. The van der Waals surface area contributed by atoms with Gasteiger partial charge in [-0.1, -0.05) is 0 Å².